The second-order valence-electron chi connectivity index (χ2n) is 9.85. The van der Waals surface area contributed by atoms with Crippen molar-refractivity contribution in [1.29, 1.82) is 5.26 Å². The number of nitrogens with one attached hydrogen (secondary N) is 1. The molecule has 1 aromatic carbocycles. The summed E-state index contributed by atoms with van der Waals surface area (Å²) >= 11 is 0. The first-order valence-corrected chi connectivity index (χ1v) is 12.2. The van der Waals surface area contributed by atoms with E-state index < -0.39 is 6.09 Å². The monoisotopic (exact) mass is 468 g/mol. The zero-order chi connectivity index (χ0) is 24.4. The number of amidine groups is 1. The van der Waals surface area contributed by atoms with Gasteiger partial charge in [0.15, 0.2) is 6.19 Å². The Morgan fingerprint density at radius 3 is 2.59 bits per heavy atom. The van der Waals surface area contributed by atoms with Gasteiger partial charge in [0, 0.05) is 31.2 Å². The summed E-state index contributed by atoms with van der Waals surface area (Å²) in [5.41, 5.74) is 0.443. The molecule has 3 rings (SSSR count). The molecule has 1 N–H and O–H groups in total. The molecule has 1 aliphatic heterocycles. The molecule has 8 nitrogen and oxygen atoms in total. The minimum atomic E-state index is -0.561. The molecule has 2 aliphatic rings. The number of carbonyl (C=O) groups is 2. The van der Waals surface area contributed by atoms with Crippen molar-refractivity contribution in [3.05, 3.63) is 35.9 Å². The van der Waals surface area contributed by atoms with Gasteiger partial charge in [0.2, 0.25) is 5.91 Å². The molecule has 0 bridgehead atoms. The topological polar surface area (TPSA) is 104 Å². The molecule has 1 aromatic rings. The molecule has 184 valence electrons. The fraction of sp³-hybridized carbons (Fsp3) is 0.615. The van der Waals surface area contributed by atoms with Crippen LogP contribution in [-0.2, 0) is 14.3 Å². The maximum atomic E-state index is 12.8. The lowest BCUT2D eigenvalue weighted by molar-refractivity contribution is -0.132. The van der Waals surface area contributed by atoms with Crippen molar-refractivity contribution >= 4 is 17.8 Å². The Labute approximate surface area is 202 Å². The van der Waals surface area contributed by atoms with Crippen LogP contribution >= 0.6 is 0 Å². The smallest absolute Gasteiger partial charge is 0.412 e. The molecular formula is C26H36N4O4. The van der Waals surface area contributed by atoms with Crippen LogP contribution in [0.2, 0.25) is 0 Å². The highest BCUT2D eigenvalue weighted by atomic mass is 16.6. The largest absolute Gasteiger partial charge is 0.447 e. The first-order valence-electron chi connectivity index (χ1n) is 12.2. The van der Waals surface area contributed by atoms with Gasteiger partial charge >= 0.3 is 6.09 Å². The molecule has 1 aliphatic carbocycles. The predicted molar refractivity (Wildman–Crippen MR) is 129 cm³/mol. The Bertz CT molecular complexity index is 882. The predicted octanol–water partition coefficient (Wildman–Crippen LogP) is 4.40. The Kier molecular flexibility index (Phi) is 9.46. The lowest BCUT2D eigenvalue weighted by Crippen LogP contribution is -2.37. The highest BCUT2D eigenvalue weighted by Crippen LogP contribution is 2.29. The minimum Gasteiger partial charge on any atom is -0.447 e. The fourth-order valence-corrected chi connectivity index (χ4v) is 4.43. The molecule has 1 heterocycles. The van der Waals surface area contributed by atoms with E-state index in [0.29, 0.717) is 25.4 Å². The van der Waals surface area contributed by atoms with E-state index >= 15 is 0 Å². The third kappa shape index (κ3) is 7.84. The molecule has 0 radical (unpaired) electrons. The zero-order valence-corrected chi connectivity index (χ0v) is 20.3. The van der Waals surface area contributed by atoms with Crippen molar-refractivity contribution in [2.45, 2.75) is 77.4 Å². The van der Waals surface area contributed by atoms with Gasteiger partial charge in [0.05, 0.1) is 6.10 Å². The minimum absolute atomic E-state index is 0.0425. The van der Waals surface area contributed by atoms with Crippen molar-refractivity contribution in [3.8, 4) is 6.19 Å². The van der Waals surface area contributed by atoms with Gasteiger partial charge in [-0.3, -0.25) is 15.1 Å². The van der Waals surface area contributed by atoms with Crippen LogP contribution in [0, 0.1) is 16.9 Å². The van der Waals surface area contributed by atoms with Gasteiger partial charge in [-0.2, -0.15) is 5.26 Å². The van der Waals surface area contributed by atoms with E-state index in [1.807, 2.05) is 44.2 Å². The summed E-state index contributed by atoms with van der Waals surface area (Å²) in [5.74, 6) is 0.312. The number of rotatable bonds is 9. The standard InChI is InChI=1S/C26H36N4O4/c1-26(2,17-23(31)30(19-27)21-11-6-7-12-21)14-15-28-24(20-9-4-3-5-10-20)29-25(32)34-18-22-13-8-16-33-22/h3-5,9-10,21-22H,6-8,11-18H2,1-2H3,(H,28,29,32). The van der Waals surface area contributed by atoms with Crippen LogP contribution in [-0.4, -0.2) is 54.6 Å². The van der Waals surface area contributed by atoms with Crippen molar-refractivity contribution < 1.29 is 19.1 Å². The lowest BCUT2D eigenvalue weighted by Gasteiger charge is -2.27. The Hall–Kier alpha value is -2.92. The maximum absolute atomic E-state index is 12.8. The molecule has 2 amide bonds. The number of nitriles is 1. The van der Waals surface area contributed by atoms with Crippen LogP contribution in [0.25, 0.3) is 0 Å². The van der Waals surface area contributed by atoms with E-state index in [9.17, 15) is 14.9 Å². The van der Waals surface area contributed by atoms with Crippen LogP contribution in [0.3, 0.4) is 0 Å². The van der Waals surface area contributed by atoms with E-state index in [1.165, 1.54) is 4.90 Å². The summed E-state index contributed by atoms with van der Waals surface area (Å²) < 4.78 is 10.8. The number of ether oxygens (including phenoxy) is 2. The second-order valence-corrected chi connectivity index (χ2v) is 9.85. The van der Waals surface area contributed by atoms with Crippen LogP contribution in [0.1, 0.15) is 70.8 Å². The van der Waals surface area contributed by atoms with Gasteiger partial charge in [-0.1, -0.05) is 57.0 Å². The van der Waals surface area contributed by atoms with Crippen molar-refractivity contribution in [2.24, 2.45) is 10.4 Å². The zero-order valence-electron chi connectivity index (χ0n) is 20.3. The molecule has 1 saturated heterocycles. The number of nitrogens with zero attached hydrogens (tertiary/aromatic N) is 3. The second kappa shape index (κ2) is 12.5. The first kappa shape index (κ1) is 25.7. The Morgan fingerprint density at radius 1 is 1.21 bits per heavy atom. The molecule has 1 atom stereocenters. The van der Waals surface area contributed by atoms with Crippen LogP contribution in [0.15, 0.2) is 35.3 Å². The van der Waals surface area contributed by atoms with E-state index in [4.69, 9.17) is 9.47 Å². The van der Waals surface area contributed by atoms with E-state index in [-0.39, 0.29) is 36.5 Å². The van der Waals surface area contributed by atoms with Gasteiger partial charge in [-0.25, -0.2) is 9.69 Å². The first-order chi connectivity index (χ1) is 16.4. The van der Waals surface area contributed by atoms with E-state index in [0.717, 1.165) is 44.1 Å². The number of amides is 2. The van der Waals surface area contributed by atoms with Crippen molar-refractivity contribution in [1.82, 2.24) is 10.2 Å². The van der Waals surface area contributed by atoms with Crippen molar-refractivity contribution in [3.63, 3.8) is 0 Å². The van der Waals surface area contributed by atoms with Crippen molar-refractivity contribution in [2.75, 3.05) is 19.8 Å². The number of hydrogen-bond donors (Lipinski definition) is 1. The quantitative estimate of drug-likeness (QED) is 0.250. The third-order valence-electron chi connectivity index (χ3n) is 6.45. The van der Waals surface area contributed by atoms with Gasteiger partial charge < -0.3 is 9.47 Å². The van der Waals surface area contributed by atoms with Gasteiger partial charge in [-0.15, -0.1) is 0 Å². The Morgan fingerprint density at radius 2 is 1.94 bits per heavy atom. The molecule has 0 aromatic heterocycles. The molecular weight excluding hydrogens is 432 g/mol. The molecule has 0 spiro atoms. The molecule has 34 heavy (non-hydrogen) atoms. The average molecular weight is 469 g/mol. The lowest BCUT2D eigenvalue weighted by atomic mass is 9.85. The normalized spacial score (nSPS) is 19.0. The number of carbonyl (C=O) groups excluding carboxylic acids is 2. The third-order valence-corrected chi connectivity index (χ3v) is 6.45. The van der Waals surface area contributed by atoms with Gasteiger partial charge in [0.1, 0.15) is 12.4 Å². The number of hydrogen-bond acceptors (Lipinski definition) is 6. The summed E-state index contributed by atoms with van der Waals surface area (Å²) in [4.78, 5) is 31.2. The highest BCUT2D eigenvalue weighted by molar-refractivity contribution is 6.06. The highest BCUT2D eigenvalue weighted by Gasteiger charge is 2.31. The summed E-state index contributed by atoms with van der Waals surface area (Å²) in [6.45, 7) is 5.37. The fourth-order valence-electron chi connectivity index (χ4n) is 4.43. The molecule has 8 heteroatoms. The molecule has 1 saturated carbocycles. The number of aliphatic imine (C=N–C) groups is 1. The molecule has 2 fully saturated rings. The summed E-state index contributed by atoms with van der Waals surface area (Å²) in [6, 6.07) is 9.46. The molecule has 1 unspecified atom stereocenters. The SMILES string of the molecule is CC(C)(CCN=C(NC(=O)OCC1CCCO1)c1ccccc1)CC(=O)N(C#N)C1CCCC1. The Balaban J connectivity index is 1.57. The van der Waals surface area contributed by atoms with Crippen LogP contribution in [0.5, 0.6) is 0 Å². The van der Waals surface area contributed by atoms with E-state index in [1.54, 1.807) is 0 Å². The summed E-state index contributed by atoms with van der Waals surface area (Å²) in [5, 5.41) is 12.3. The summed E-state index contributed by atoms with van der Waals surface area (Å²) in [6.07, 6.45) is 8.23. The van der Waals surface area contributed by atoms with Gasteiger partial charge in [0.25, 0.3) is 0 Å². The van der Waals surface area contributed by atoms with Crippen LogP contribution < -0.4 is 5.32 Å². The summed E-state index contributed by atoms with van der Waals surface area (Å²) in [7, 11) is 0. The van der Waals surface area contributed by atoms with Crippen LogP contribution in [0.4, 0.5) is 4.79 Å². The average Bonchev–Trinajstić information content (AvgIpc) is 3.52. The van der Waals surface area contributed by atoms with E-state index in [2.05, 4.69) is 16.5 Å². The number of alkyl carbamates (subject to hydrolysis) is 1. The maximum Gasteiger partial charge on any atom is 0.412 e. The number of benzene rings is 1. The van der Waals surface area contributed by atoms with Gasteiger partial charge in [-0.05, 0) is 37.5 Å².